The van der Waals surface area contributed by atoms with Crippen LogP contribution in [0.5, 0.6) is 0 Å². The van der Waals surface area contributed by atoms with E-state index in [9.17, 15) is 5.11 Å². The molecule has 0 aromatic rings. The molecule has 1 N–H and O–H groups in total. The molecule has 5 aliphatic rings. The monoisotopic (exact) mass is 318 g/mol. The van der Waals surface area contributed by atoms with Crippen LogP contribution in [0.3, 0.4) is 0 Å². The van der Waals surface area contributed by atoms with Crippen molar-refractivity contribution in [3.63, 3.8) is 0 Å². The third kappa shape index (κ3) is 2.26. The lowest BCUT2D eigenvalue weighted by atomic mass is 9.67. The maximum Gasteiger partial charge on any atom is 0.165 e. The predicted molar refractivity (Wildman–Crippen MR) is 87.6 cm³/mol. The molecule has 0 radical (unpaired) electrons. The summed E-state index contributed by atoms with van der Waals surface area (Å²) in [4.78, 5) is 0. The molecule has 0 aromatic heterocycles. The van der Waals surface area contributed by atoms with E-state index in [-0.39, 0.29) is 6.10 Å². The van der Waals surface area contributed by atoms with Crippen molar-refractivity contribution in [2.75, 3.05) is 13.2 Å². The fourth-order valence-corrected chi connectivity index (χ4v) is 6.95. The molecule has 128 valence electrons. The Morgan fingerprint density at radius 1 is 1.09 bits per heavy atom. The highest BCUT2D eigenvalue weighted by molar-refractivity contribution is 5.21. The van der Waals surface area contributed by atoms with Gasteiger partial charge in [-0.3, -0.25) is 0 Å². The van der Waals surface area contributed by atoms with Crippen molar-refractivity contribution < 1.29 is 14.6 Å². The van der Waals surface area contributed by atoms with Crippen LogP contribution in [0.4, 0.5) is 0 Å². The van der Waals surface area contributed by atoms with Crippen molar-refractivity contribution in [3.8, 4) is 0 Å². The maximum absolute atomic E-state index is 10.9. The maximum atomic E-state index is 10.9. The molecular formula is C20H30O3. The zero-order chi connectivity index (χ0) is 15.6. The number of hydrogen-bond donors (Lipinski definition) is 1. The Labute approximate surface area is 139 Å². The van der Waals surface area contributed by atoms with E-state index in [1.54, 1.807) is 0 Å². The van der Waals surface area contributed by atoms with Crippen molar-refractivity contribution in [3.05, 3.63) is 12.2 Å². The molecule has 4 fully saturated rings. The van der Waals surface area contributed by atoms with Crippen LogP contribution < -0.4 is 0 Å². The molecule has 4 aliphatic carbocycles. The predicted octanol–water partition coefficient (Wildman–Crippen LogP) is 3.37. The van der Waals surface area contributed by atoms with Gasteiger partial charge < -0.3 is 14.6 Å². The molecule has 0 aromatic carbocycles. The molecular weight excluding hydrogens is 288 g/mol. The molecule has 0 spiro atoms. The molecule has 1 heterocycles. The number of aliphatic hydroxyl groups excluding tert-OH is 1. The van der Waals surface area contributed by atoms with Gasteiger partial charge >= 0.3 is 0 Å². The van der Waals surface area contributed by atoms with Crippen LogP contribution in [0.1, 0.15) is 45.4 Å². The Hall–Kier alpha value is -0.380. The molecule has 1 aliphatic heterocycles. The summed E-state index contributed by atoms with van der Waals surface area (Å²) in [6.45, 7) is 3.62. The second-order valence-corrected chi connectivity index (χ2v) is 8.95. The summed E-state index contributed by atoms with van der Waals surface area (Å²) in [6.07, 6.45) is 11.5. The fourth-order valence-electron chi connectivity index (χ4n) is 6.95. The largest absolute Gasteiger partial charge is 0.393 e. The summed E-state index contributed by atoms with van der Waals surface area (Å²) in [6, 6.07) is 0. The topological polar surface area (TPSA) is 38.7 Å². The zero-order valence-corrected chi connectivity index (χ0v) is 14.2. The summed E-state index contributed by atoms with van der Waals surface area (Å²) in [5, 5.41) is 10.9. The average Bonchev–Trinajstić information content (AvgIpc) is 3.31. The van der Waals surface area contributed by atoms with Crippen molar-refractivity contribution in [2.45, 2.75) is 57.3 Å². The molecule has 1 saturated heterocycles. The molecule has 8 unspecified atom stereocenters. The summed E-state index contributed by atoms with van der Waals surface area (Å²) in [7, 11) is 0. The Balaban J connectivity index is 1.22. The minimum absolute atomic E-state index is 0.167. The van der Waals surface area contributed by atoms with Crippen LogP contribution in [0.15, 0.2) is 12.2 Å². The number of aliphatic hydroxyl groups is 1. The number of rotatable bonds is 4. The lowest BCUT2D eigenvalue weighted by molar-refractivity contribution is -0.261. The van der Waals surface area contributed by atoms with Crippen LogP contribution in [0, 0.1) is 41.4 Å². The average molecular weight is 318 g/mol. The Kier molecular flexibility index (Phi) is 3.44. The molecule has 4 bridgehead atoms. The molecule has 5 rings (SSSR count). The lowest BCUT2D eigenvalue weighted by Gasteiger charge is -2.40. The van der Waals surface area contributed by atoms with Crippen molar-refractivity contribution in [1.82, 2.24) is 0 Å². The molecule has 3 nitrogen and oxygen atoms in total. The highest BCUT2D eigenvalue weighted by Gasteiger charge is 2.61. The number of ether oxygens (including phenoxy) is 2. The summed E-state index contributed by atoms with van der Waals surface area (Å²) in [5.41, 5.74) is 0. The quantitative estimate of drug-likeness (QED) is 0.638. The Morgan fingerprint density at radius 3 is 2.61 bits per heavy atom. The highest BCUT2D eigenvalue weighted by Crippen LogP contribution is 2.67. The van der Waals surface area contributed by atoms with Crippen LogP contribution in [0.25, 0.3) is 0 Å². The molecule has 0 amide bonds. The van der Waals surface area contributed by atoms with Crippen LogP contribution in [-0.4, -0.2) is 30.2 Å². The van der Waals surface area contributed by atoms with Crippen LogP contribution in [-0.2, 0) is 9.47 Å². The third-order valence-corrected chi connectivity index (χ3v) is 7.81. The standard InChI is InChI=1S/C20H30O3/c1-20(22-7-2-8-23-20)6-5-17(21)15-10-14-11-16(15)19-13-4-3-12(9-13)18(14)19/h3-4,12-19,21H,2,5-11H2,1H3. The normalized spacial score (nSPS) is 50.4. The van der Waals surface area contributed by atoms with Crippen molar-refractivity contribution >= 4 is 0 Å². The third-order valence-electron chi connectivity index (χ3n) is 7.81. The molecule has 3 saturated carbocycles. The molecule has 23 heavy (non-hydrogen) atoms. The van der Waals surface area contributed by atoms with Gasteiger partial charge in [-0.2, -0.15) is 0 Å². The summed E-state index contributed by atoms with van der Waals surface area (Å²) < 4.78 is 11.6. The summed E-state index contributed by atoms with van der Waals surface area (Å²) in [5.74, 6) is 5.29. The van der Waals surface area contributed by atoms with E-state index in [1.165, 1.54) is 19.3 Å². The first-order valence-corrected chi connectivity index (χ1v) is 9.79. The number of fused-ring (bicyclic) bond motifs is 9. The fraction of sp³-hybridized carbons (Fsp3) is 0.900. The van der Waals surface area contributed by atoms with E-state index < -0.39 is 5.79 Å². The lowest BCUT2D eigenvalue weighted by Crippen LogP contribution is -2.40. The van der Waals surface area contributed by atoms with E-state index in [4.69, 9.17) is 9.47 Å². The van der Waals surface area contributed by atoms with E-state index in [2.05, 4.69) is 12.2 Å². The van der Waals surface area contributed by atoms with Gasteiger partial charge in [-0.05, 0) is 80.5 Å². The van der Waals surface area contributed by atoms with Crippen LogP contribution in [0.2, 0.25) is 0 Å². The molecule has 3 heteroatoms. The minimum atomic E-state index is -0.464. The summed E-state index contributed by atoms with van der Waals surface area (Å²) >= 11 is 0. The van der Waals surface area contributed by atoms with Gasteiger partial charge in [0.15, 0.2) is 5.79 Å². The van der Waals surface area contributed by atoms with Crippen molar-refractivity contribution in [1.29, 1.82) is 0 Å². The van der Waals surface area contributed by atoms with Gasteiger partial charge in [0, 0.05) is 6.42 Å². The van der Waals surface area contributed by atoms with Gasteiger partial charge in [-0.1, -0.05) is 12.2 Å². The second-order valence-electron chi connectivity index (χ2n) is 8.95. The highest BCUT2D eigenvalue weighted by atomic mass is 16.7. The Bertz CT molecular complexity index is 495. The van der Waals surface area contributed by atoms with E-state index in [1.807, 2.05) is 6.92 Å². The van der Waals surface area contributed by atoms with Gasteiger partial charge in [0.2, 0.25) is 0 Å². The second kappa shape index (κ2) is 5.31. The van der Waals surface area contributed by atoms with Gasteiger partial charge in [0.05, 0.1) is 19.3 Å². The number of hydrogen-bond acceptors (Lipinski definition) is 3. The Morgan fingerprint density at radius 2 is 1.83 bits per heavy atom. The SMILES string of the molecule is CC1(CCC(O)C2CC3CC2C2C4C=CC(C4)C32)OCCCO1. The zero-order valence-electron chi connectivity index (χ0n) is 14.2. The number of allylic oxidation sites excluding steroid dienone is 2. The van der Waals surface area contributed by atoms with E-state index in [0.29, 0.717) is 5.92 Å². The first kappa shape index (κ1) is 14.9. The van der Waals surface area contributed by atoms with Gasteiger partial charge in [0.1, 0.15) is 0 Å². The smallest absolute Gasteiger partial charge is 0.165 e. The van der Waals surface area contributed by atoms with Crippen molar-refractivity contribution in [2.24, 2.45) is 41.4 Å². The minimum Gasteiger partial charge on any atom is -0.393 e. The first-order valence-electron chi connectivity index (χ1n) is 9.79. The van der Waals surface area contributed by atoms with Gasteiger partial charge in [0.25, 0.3) is 0 Å². The van der Waals surface area contributed by atoms with E-state index in [0.717, 1.165) is 68.0 Å². The molecule has 8 atom stereocenters. The van der Waals surface area contributed by atoms with E-state index >= 15 is 0 Å². The van der Waals surface area contributed by atoms with Gasteiger partial charge in [-0.25, -0.2) is 0 Å². The first-order chi connectivity index (χ1) is 11.1. The van der Waals surface area contributed by atoms with Crippen LogP contribution >= 0.6 is 0 Å². The van der Waals surface area contributed by atoms with Gasteiger partial charge in [-0.15, -0.1) is 0 Å².